The number of quaternary nitrogens is 1. The van der Waals surface area contributed by atoms with Crippen molar-refractivity contribution in [3.8, 4) is 17.2 Å². The molecule has 3 heterocycles. The Labute approximate surface area is 151 Å². The lowest BCUT2D eigenvalue weighted by Crippen LogP contribution is -3.10. The number of fused-ring (bicyclic) bond motifs is 2. The minimum atomic E-state index is 0.0111. The summed E-state index contributed by atoms with van der Waals surface area (Å²) >= 11 is 0. The molecule has 6 nitrogen and oxygen atoms in total. The highest BCUT2D eigenvalue weighted by Crippen LogP contribution is 2.47. The van der Waals surface area contributed by atoms with Crippen molar-refractivity contribution in [3.63, 3.8) is 0 Å². The molecule has 0 amide bonds. The lowest BCUT2D eigenvalue weighted by molar-refractivity contribution is -0.914. The first kappa shape index (κ1) is 16.7. The molecule has 0 saturated carbocycles. The number of likely N-dealkylation sites (N-methyl/N-ethyl adjacent to an activating group) is 1. The maximum Gasteiger partial charge on any atom is 0.231 e. The number of furan rings is 1. The van der Waals surface area contributed by atoms with Gasteiger partial charge in [0.05, 0.1) is 38.9 Å². The summed E-state index contributed by atoms with van der Waals surface area (Å²) in [6.07, 6.45) is 6.19. The van der Waals surface area contributed by atoms with Crippen LogP contribution in [0.3, 0.4) is 0 Å². The number of rotatable bonds is 5. The molecule has 1 aromatic carbocycles. The van der Waals surface area contributed by atoms with Crippen LogP contribution >= 0.6 is 0 Å². The molecular formula is C20H22NO5+. The van der Waals surface area contributed by atoms with Crippen molar-refractivity contribution in [2.45, 2.75) is 18.9 Å². The number of methoxy groups -OCH3 is 1. The summed E-state index contributed by atoms with van der Waals surface area (Å²) in [5.74, 6) is 2.79. The van der Waals surface area contributed by atoms with Gasteiger partial charge in [0.15, 0.2) is 17.3 Å². The van der Waals surface area contributed by atoms with Gasteiger partial charge in [0.1, 0.15) is 11.8 Å². The molecule has 0 aliphatic carbocycles. The molecular weight excluding hydrogens is 334 g/mol. The largest absolute Gasteiger partial charge is 0.492 e. The molecule has 1 unspecified atom stereocenters. The van der Waals surface area contributed by atoms with E-state index in [0.29, 0.717) is 23.7 Å². The van der Waals surface area contributed by atoms with Crippen LogP contribution in [0.25, 0.3) is 6.08 Å². The molecule has 0 fully saturated rings. The third-order valence-corrected chi connectivity index (χ3v) is 5.06. The van der Waals surface area contributed by atoms with E-state index in [1.807, 2.05) is 12.1 Å². The molecule has 0 spiro atoms. The number of nitrogens with one attached hydrogen (secondary N) is 1. The van der Waals surface area contributed by atoms with Crippen molar-refractivity contribution in [3.05, 3.63) is 47.4 Å². The van der Waals surface area contributed by atoms with Gasteiger partial charge in [-0.25, -0.2) is 0 Å². The Morgan fingerprint density at radius 1 is 1.42 bits per heavy atom. The van der Waals surface area contributed by atoms with E-state index >= 15 is 0 Å². The molecule has 0 radical (unpaired) electrons. The standard InChI is InChI=1S/C20H21NO5/c1-21-8-7-13-10-17-19(26-12-25-17)20(23-2)18(13)16(21)11-14(22)5-6-15-4-3-9-24-15/h3-6,9-10,16H,7-8,11-12H2,1-2H3/p+1/b6-5+/t16-/m1/s1. The second kappa shape index (κ2) is 6.88. The van der Waals surface area contributed by atoms with Gasteiger partial charge in [-0.1, -0.05) is 0 Å². The minimum absolute atomic E-state index is 0.0111. The van der Waals surface area contributed by atoms with Gasteiger partial charge < -0.3 is 23.5 Å². The van der Waals surface area contributed by atoms with Crippen LogP contribution in [0.5, 0.6) is 17.2 Å². The Balaban J connectivity index is 1.64. The van der Waals surface area contributed by atoms with E-state index < -0.39 is 0 Å². The monoisotopic (exact) mass is 356 g/mol. The third kappa shape index (κ3) is 2.97. The maximum atomic E-state index is 12.6. The van der Waals surface area contributed by atoms with Gasteiger partial charge in [0, 0.05) is 6.42 Å². The van der Waals surface area contributed by atoms with Crippen LogP contribution in [0.2, 0.25) is 0 Å². The molecule has 2 aliphatic heterocycles. The fraction of sp³-hybridized carbons (Fsp3) is 0.350. The second-order valence-corrected chi connectivity index (χ2v) is 6.63. The van der Waals surface area contributed by atoms with Crippen molar-refractivity contribution >= 4 is 11.9 Å². The molecule has 4 rings (SSSR count). The zero-order valence-corrected chi connectivity index (χ0v) is 14.9. The van der Waals surface area contributed by atoms with Crippen LogP contribution < -0.4 is 19.1 Å². The zero-order valence-electron chi connectivity index (χ0n) is 14.9. The van der Waals surface area contributed by atoms with E-state index in [1.54, 1.807) is 31.6 Å². The number of ether oxygens (including phenoxy) is 3. The maximum absolute atomic E-state index is 12.6. The highest BCUT2D eigenvalue weighted by molar-refractivity contribution is 5.93. The van der Waals surface area contributed by atoms with Gasteiger partial charge in [-0.15, -0.1) is 0 Å². The van der Waals surface area contributed by atoms with E-state index in [0.717, 1.165) is 24.3 Å². The van der Waals surface area contributed by atoms with Crippen molar-refractivity contribution in [1.82, 2.24) is 0 Å². The van der Waals surface area contributed by atoms with E-state index in [9.17, 15) is 4.79 Å². The molecule has 2 atom stereocenters. The van der Waals surface area contributed by atoms with E-state index in [-0.39, 0.29) is 18.6 Å². The third-order valence-electron chi connectivity index (χ3n) is 5.06. The number of hydrogen-bond donors (Lipinski definition) is 1. The molecule has 6 heteroatoms. The van der Waals surface area contributed by atoms with Crippen LogP contribution in [-0.4, -0.2) is 33.3 Å². The topological polar surface area (TPSA) is 62.3 Å². The van der Waals surface area contributed by atoms with E-state index in [2.05, 4.69) is 7.05 Å². The van der Waals surface area contributed by atoms with Crippen molar-refractivity contribution in [2.75, 3.05) is 27.5 Å². The first-order chi connectivity index (χ1) is 12.7. The van der Waals surface area contributed by atoms with Gasteiger partial charge in [-0.2, -0.15) is 0 Å². The van der Waals surface area contributed by atoms with Crippen molar-refractivity contribution < 1.29 is 28.3 Å². The van der Waals surface area contributed by atoms with Gasteiger partial charge in [-0.05, 0) is 35.9 Å². The Morgan fingerprint density at radius 3 is 3.08 bits per heavy atom. The first-order valence-electron chi connectivity index (χ1n) is 8.73. The Kier molecular flexibility index (Phi) is 4.42. The van der Waals surface area contributed by atoms with Crippen LogP contribution in [0.1, 0.15) is 29.3 Å². The van der Waals surface area contributed by atoms with Gasteiger partial charge in [0.25, 0.3) is 0 Å². The summed E-state index contributed by atoms with van der Waals surface area (Å²) in [4.78, 5) is 13.8. The summed E-state index contributed by atoms with van der Waals surface area (Å²) in [5, 5.41) is 0. The number of allylic oxidation sites excluding steroid dienone is 1. The SMILES string of the molecule is COc1c2c(cc3c1[C@@H](CC(=O)/C=C/c1ccco1)[NH+](C)CC3)OCO2. The summed E-state index contributed by atoms with van der Waals surface area (Å²) < 4.78 is 22.1. The predicted molar refractivity (Wildman–Crippen MR) is 94.7 cm³/mol. The Hall–Kier alpha value is -2.73. The molecule has 136 valence electrons. The summed E-state index contributed by atoms with van der Waals surface area (Å²) in [5.41, 5.74) is 2.23. The average molecular weight is 356 g/mol. The van der Waals surface area contributed by atoms with E-state index in [1.165, 1.54) is 10.5 Å². The quantitative estimate of drug-likeness (QED) is 0.828. The van der Waals surface area contributed by atoms with E-state index in [4.69, 9.17) is 18.6 Å². The van der Waals surface area contributed by atoms with Crippen molar-refractivity contribution in [1.29, 1.82) is 0 Å². The van der Waals surface area contributed by atoms with Crippen LogP contribution in [0, 0.1) is 0 Å². The highest BCUT2D eigenvalue weighted by atomic mass is 16.7. The summed E-state index contributed by atoms with van der Waals surface area (Å²) in [7, 11) is 3.75. The van der Waals surface area contributed by atoms with Gasteiger partial charge in [0.2, 0.25) is 12.5 Å². The molecule has 26 heavy (non-hydrogen) atoms. The fourth-order valence-corrected chi connectivity index (χ4v) is 3.73. The second-order valence-electron chi connectivity index (χ2n) is 6.63. The van der Waals surface area contributed by atoms with Gasteiger partial charge in [-0.3, -0.25) is 4.79 Å². The average Bonchev–Trinajstić information content (AvgIpc) is 3.32. The lowest BCUT2D eigenvalue weighted by atomic mass is 9.88. The fourth-order valence-electron chi connectivity index (χ4n) is 3.73. The normalized spacial score (nSPS) is 21.0. The molecule has 2 aliphatic rings. The molecule has 1 aromatic heterocycles. The Bertz CT molecular complexity index is 840. The summed E-state index contributed by atoms with van der Waals surface area (Å²) in [6.45, 7) is 1.16. The number of carbonyl (C=O) groups is 1. The van der Waals surface area contributed by atoms with Crippen LogP contribution in [0.15, 0.2) is 35.0 Å². The number of hydrogen-bond acceptors (Lipinski definition) is 5. The first-order valence-corrected chi connectivity index (χ1v) is 8.73. The number of ketones is 1. The smallest absolute Gasteiger partial charge is 0.231 e. The number of benzene rings is 1. The highest BCUT2D eigenvalue weighted by Gasteiger charge is 2.37. The molecule has 0 saturated heterocycles. The minimum Gasteiger partial charge on any atom is -0.492 e. The molecule has 2 aromatic rings. The Morgan fingerprint density at radius 2 is 2.31 bits per heavy atom. The van der Waals surface area contributed by atoms with Crippen molar-refractivity contribution in [2.24, 2.45) is 0 Å². The van der Waals surface area contributed by atoms with Crippen LogP contribution in [-0.2, 0) is 11.2 Å². The predicted octanol–water partition coefficient (Wildman–Crippen LogP) is 1.80. The number of carbonyl (C=O) groups excluding carboxylic acids is 1. The van der Waals surface area contributed by atoms with Crippen LogP contribution in [0.4, 0.5) is 0 Å². The lowest BCUT2D eigenvalue weighted by Gasteiger charge is -2.32. The zero-order chi connectivity index (χ0) is 18.1. The summed E-state index contributed by atoms with van der Waals surface area (Å²) in [6, 6.07) is 5.66. The molecule has 1 N–H and O–H groups in total. The molecule has 0 bridgehead atoms. The van der Waals surface area contributed by atoms with Gasteiger partial charge >= 0.3 is 0 Å².